The Bertz CT molecular complexity index is 400. The fraction of sp³-hybridized carbons (Fsp3) is 0.714. The lowest BCUT2D eigenvalue weighted by Crippen LogP contribution is -2.46. The maximum atomic E-state index is 12.1. The van der Waals surface area contributed by atoms with Crippen LogP contribution in [0.3, 0.4) is 0 Å². The molecule has 112 valence electrons. The van der Waals surface area contributed by atoms with Gasteiger partial charge in [-0.2, -0.15) is 0 Å². The van der Waals surface area contributed by atoms with Gasteiger partial charge in [-0.25, -0.2) is 0 Å². The molecule has 1 heterocycles. The standard InChI is InChI=1S/C14H21NO5/c1-10(13(17)15-9-12(16)18-2)11-5-3-4-6-14(11)19-7-8-20-14/h11H,1,3-9H2,2H3,(H,15,17). The summed E-state index contributed by atoms with van der Waals surface area (Å²) in [6.45, 7) is 4.82. The molecule has 0 radical (unpaired) electrons. The Morgan fingerprint density at radius 3 is 2.70 bits per heavy atom. The summed E-state index contributed by atoms with van der Waals surface area (Å²) in [5, 5.41) is 2.51. The smallest absolute Gasteiger partial charge is 0.325 e. The molecule has 0 aromatic rings. The van der Waals surface area contributed by atoms with E-state index in [1.807, 2.05) is 0 Å². The largest absolute Gasteiger partial charge is 0.468 e. The van der Waals surface area contributed by atoms with Crippen LogP contribution in [-0.4, -0.2) is 44.5 Å². The first-order valence-corrected chi connectivity index (χ1v) is 6.91. The molecule has 0 bridgehead atoms. The summed E-state index contributed by atoms with van der Waals surface area (Å²) in [6.07, 6.45) is 3.63. The van der Waals surface area contributed by atoms with Gasteiger partial charge in [0, 0.05) is 17.9 Å². The minimum Gasteiger partial charge on any atom is -0.468 e. The third kappa shape index (κ3) is 3.02. The minimum atomic E-state index is -0.696. The third-order valence-electron chi connectivity index (χ3n) is 3.91. The van der Waals surface area contributed by atoms with Crippen LogP contribution in [0.1, 0.15) is 25.7 Å². The molecule has 1 aliphatic carbocycles. The average molecular weight is 283 g/mol. The highest BCUT2D eigenvalue weighted by molar-refractivity contribution is 5.95. The van der Waals surface area contributed by atoms with Crippen LogP contribution in [0.25, 0.3) is 0 Å². The van der Waals surface area contributed by atoms with Crippen LogP contribution in [0.2, 0.25) is 0 Å². The second kappa shape index (κ2) is 6.37. The average Bonchev–Trinajstić information content (AvgIpc) is 2.93. The van der Waals surface area contributed by atoms with Gasteiger partial charge in [-0.3, -0.25) is 9.59 Å². The SMILES string of the molecule is C=C(C(=O)NCC(=O)OC)C1CCCCC12OCCO2. The van der Waals surface area contributed by atoms with Gasteiger partial charge < -0.3 is 19.5 Å². The Kier molecular flexibility index (Phi) is 4.77. The summed E-state index contributed by atoms with van der Waals surface area (Å²) in [5.41, 5.74) is 0.413. The van der Waals surface area contributed by atoms with E-state index in [0.29, 0.717) is 18.8 Å². The molecular formula is C14H21NO5. The van der Waals surface area contributed by atoms with Crippen molar-refractivity contribution in [3.8, 4) is 0 Å². The van der Waals surface area contributed by atoms with Gasteiger partial charge in [-0.05, 0) is 12.8 Å². The Morgan fingerprint density at radius 2 is 2.05 bits per heavy atom. The Hall–Kier alpha value is -1.40. The lowest BCUT2D eigenvalue weighted by atomic mass is 9.78. The van der Waals surface area contributed by atoms with Crippen LogP contribution in [-0.2, 0) is 23.8 Å². The van der Waals surface area contributed by atoms with Gasteiger partial charge in [0.05, 0.1) is 20.3 Å². The van der Waals surface area contributed by atoms with Crippen molar-refractivity contribution < 1.29 is 23.8 Å². The Labute approximate surface area is 118 Å². The molecule has 1 saturated heterocycles. The molecular weight excluding hydrogens is 262 g/mol. The van der Waals surface area contributed by atoms with Crippen molar-refractivity contribution in [2.75, 3.05) is 26.9 Å². The number of carbonyl (C=O) groups is 2. The topological polar surface area (TPSA) is 73.9 Å². The number of ether oxygens (including phenoxy) is 3. The van der Waals surface area contributed by atoms with Crippen LogP contribution < -0.4 is 5.32 Å². The lowest BCUT2D eigenvalue weighted by molar-refractivity contribution is -0.203. The quantitative estimate of drug-likeness (QED) is 0.609. The molecule has 1 amide bonds. The zero-order valence-electron chi connectivity index (χ0n) is 11.8. The highest BCUT2D eigenvalue weighted by Gasteiger charge is 2.48. The lowest BCUT2D eigenvalue weighted by Gasteiger charge is -2.39. The van der Waals surface area contributed by atoms with E-state index in [4.69, 9.17) is 9.47 Å². The van der Waals surface area contributed by atoms with Crippen molar-refractivity contribution in [1.29, 1.82) is 0 Å². The molecule has 1 atom stereocenters. The Balaban J connectivity index is 1.99. The van der Waals surface area contributed by atoms with Crippen molar-refractivity contribution in [3.63, 3.8) is 0 Å². The van der Waals surface area contributed by atoms with E-state index in [1.54, 1.807) is 0 Å². The van der Waals surface area contributed by atoms with E-state index < -0.39 is 11.8 Å². The molecule has 1 unspecified atom stereocenters. The molecule has 1 N–H and O–H groups in total. The predicted octanol–water partition coefficient (Wildman–Crippen LogP) is 0.765. The van der Waals surface area contributed by atoms with Crippen LogP contribution in [0.5, 0.6) is 0 Å². The van der Waals surface area contributed by atoms with Crippen LogP contribution in [0.15, 0.2) is 12.2 Å². The summed E-state index contributed by atoms with van der Waals surface area (Å²) in [6, 6.07) is 0. The highest BCUT2D eigenvalue weighted by atomic mass is 16.7. The molecule has 1 saturated carbocycles. The van der Waals surface area contributed by atoms with Crippen LogP contribution in [0.4, 0.5) is 0 Å². The van der Waals surface area contributed by atoms with Gasteiger partial charge in [0.15, 0.2) is 5.79 Å². The number of esters is 1. The first-order valence-electron chi connectivity index (χ1n) is 6.91. The maximum absolute atomic E-state index is 12.1. The van der Waals surface area contributed by atoms with Crippen LogP contribution in [0, 0.1) is 5.92 Å². The molecule has 6 heteroatoms. The van der Waals surface area contributed by atoms with E-state index >= 15 is 0 Å². The molecule has 1 spiro atoms. The number of carbonyl (C=O) groups excluding carboxylic acids is 2. The highest BCUT2D eigenvalue weighted by Crippen LogP contribution is 2.43. The zero-order valence-corrected chi connectivity index (χ0v) is 11.8. The second-order valence-corrected chi connectivity index (χ2v) is 5.09. The minimum absolute atomic E-state index is 0.156. The van der Waals surface area contributed by atoms with Crippen molar-refractivity contribution in [3.05, 3.63) is 12.2 Å². The van der Waals surface area contributed by atoms with Gasteiger partial charge in [0.1, 0.15) is 6.54 Å². The number of amides is 1. The first-order chi connectivity index (χ1) is 9.59. The molecule has 2 rings (SSSR count). The van der Waals surface area contributed by atoms with Crippen molar-refractivity contribution in [2.24, 2.45) is 5.92 Å². The molecule has 6 nitrogen and oxygen atoms in total. The monoisotopic (exact) mass is 283 g/mol. The Morgan fingerprint density at radius 1 is 1.35 bits per heavy atom. The number of methoxy groups -OCH3 is 1. The summed E-state index contributed by atoms with van der Waals surface area (Å²) in [5.74, 6) is -1.69. The van der Waals surface area contributed by atoms with E-state index in [-0.39, 0.29) is 18.4 Å². The molecule has 2 aliphatic rings. The summed E-state index contributed by atoms with van der Waals surface area (Å²) in [4.78, 5) is 23.1. The number of hydrogen-bond acceptors (Lipinski definition) is 5. The predicted molar refractivity (Wildman–Crippen MR) is 70.8 cm³/mol. The number of rotatable bonds is 4. The van der Waals surface area contributed by atoms with Gasteiger partial charge in [0.25, 0.3) is 0 Å². The molecule has 2 fully saturated rings. The van der Waals surface area contributed by atoms with Gasteiger partial charge in [-0.1, -0.05) is 13.0 Å². The fourth-order valence-corrected chi connectivity index (χ4v) is 2.87. The van der Waals surface area contributed by atoms with E-state index in [0.717, 1.165) is 25.7 Å². The number of nitrogens with one attached hydrogen (secondary N) is 1. The second-order valence-electron chi connectivity index (χ2n) is 5.09. The summed E-state index contributed by atoms with van der Waals surface area (Å²) in [7, 11) is 1.28. The summed E-state index contributed by atoms with van der Waals surface area (Å²) < 4.78 is 16.0. The van der Waals surface area contributed by atoms with E-state index in [9.17, 15) is 9.59 Å². The van der Waals surface area contributed by atoms with Gasteiger partial charge in [0.2, 0.25) is 5.91 Å². The van der Waals surface area contributed by atoms with E-state index in [2.05, 4.69) is 16.6 Å². The maximum Gasteiger partial charge on any atom is 0.325 e. The zero-order chi connectivity index (χ0) is 14.6. The normalized spacial score (nSPS) is 24.4. The van der Waals surface area contributed by atoms with Crippen LogP contribution >= 0.6 is 0 Å². The third-order valence-corrected chi connectivity index (χ3v) is 3.91. The van der Waals surface area contributed by atoms with Gasteiger partial charge >= 0.3 is 5.97 Å². The molecule has 0 aromatic heterocycles. The summed E-state index contributed by atoms with van der Waals surface area (Å²) >= 11 is 0. The molecule has 20 heavy (non-hydrogen) atoms. The first kappa shape index (κ1) is 15.0. The van der Waals surface area contributed by atoms with Gasteiger partial charge in [-0.15, -0.1) is 0 Å². The van der Waals surface area contributed by atoms with E-state index in [1.165, 1.54) is 7.11 Å². The van der Waals surface area contributed by atoms with Crippen molar-refractivity contribution >= 4 is 11.9 Å². The fourth-order valence-electron chi connectivity index (χ4n) is 2.87. The van der Waals surface area contributed by atoms with Crippen molar-refractivity contribution in [1.82, 2.24) is 5.32 Å². The number of hydrogen-bond donors (Lipinski definition) is 1. The van der Waals surface area contributed by atoms with Crippen molar-refractivity contribution in [2.45, 2.75) is 31.5 Å². The molecule has 0 aromatic carbocycles. The molecule has 1 aliphatic heterocycles.